The summed E-state index contributed by atoms with van der Waals surface area (Å²) in [6.07, 6.45) is 0.862. The molecule has 0 aliphatic carbocycles. The van der Waals surface area contributed by atoms with E-state index in [9.17, 15) is 9.59 Å². The molecule has 0 unspecified atom stereocenters. The molecule has 0 fully saturated rings. The monoisotopic (exact) mass is 420 g/mol. The van der Waals surface area contributed by atoms with Gasteiger partial charge in [-0.2, -0.15) is 0 Å². The Hall–Kier alpha value is -3.80. The molecule has 0 spiro atoms. The second kappa shape index (κ2) is 11.4. The van der Waals surface area contributed by atoms with Crippen LogP contribution in [0.1, 0.15) is 34.1 Å². The van der Waals surface area contributed by atoms with Crippen molar-refractivity contribution >= 4 is 11.9 Å². The minimum absolute atomic E-state index is 0.0623. The Bertz CT molecular complexity index is 1000. The second-order valence-electron chi connectivity index (χ2n) is 6.56. The van der Waals surface area contributed by atoms with Crippen LogP contribution in [0, 0.1) is 0 Å². The highest BCUT2D eigenvalue weighted by molar-refractivity contribution is 5.96. The van der Waals surface area contributed by atoms with E-state index < -0.39 is 11.9 Å². The lowest BCUT2D eigenvalue weighted by molar-refractivity contribution is 0.0445. The van der Waals surface area contributed by atoms with Crippen molar-refractivity contribution in [1.82, 2.24) is 0 Å². The van der Waals surface area contributed by atoms with Crippen molar-refractivity contribution < 1.29 is 28.5 Å². The predicted octanol–water partition coefficient (Wildman–Crippen LogP) is 4.93. The Morgan fingerprint density at radius 3 is 2.23 bits per heavy atom. The Labute approximate surface area is 181 Å². The Morgan fingerprint density at radius 1 is 0.710 bits per heavy atom. The van der Waals surface area contributed by atoms with E-state index in [1.807, 2.05) is 37.3 Å². The summed E-state index contributed by atoms with van der Waals surface area (Å²) in [5.74, 6) is 0.219. The molecule has 0 radical (unpaired) electrons. The summed E-state index contributed by atoms with van der Waals surface area (Å²) in [6.45, 7) is 2.83. The first-order valence-electron chi connectivity index (χ1n) is 10.1. The number of carbonyl (C=O) groups is 2. The number of ether oxygens (including phenoxy) is 4. The average Bonchev–Trinajstić information content (AvgIpc) is 2.81. The quantitative estimate of drug-likeness (QED) is 0.263. The molecule has 6 nitrogen and oxygen atoms in total. The van der Waals surface area contributed by atoms with Gasteiger partial charge in [0.05, 0.1) is 12.2 Å². The van der Waals surface area contributed by atoms with Crippen LogP contribution in [0.4, 0.5) is 0 Å². The summed E-state index contributed by atoms with van der Waals surface area (Å²) in [4.78, 5) is 25.1. The van der Waals surface area contributed by atoms with Gasteiger partial charge in [-0.1, -0.05) is 43.3 Å². The highest BCUT2D eigenvalue weighted by atomic mass is 16.6. The van der Waals surface area contributed by atoms with Crippen molar-refractivity contribution in [2.24, 2.45) is 0 Å². The van der Waals surface area contributed by atoms with Crippen LogP contribution in [-0.2, 0) is 4.74 Å². The van der Waals surface area contributed by atoms with Crippen molar-refractivity contribution in [3.05, 3.63) is 90.0 Å². The van der Waals surface area contributed by atoms with Gasteiger partial charge < -0.3 is 18.9 Å². The third-order valence-electron chi connectivity index (χ3n) is 4.18. The molecular formula is C25H24O6. The van der Waals surface area contributed by atoms with Gasteiger partial charge in [0.15, 0.2) is 0 Å². The molecule has 0 atom stereocenters. The molecule has 0 aliphatic rings. The van der Waals surface area contributed by atoms with Crippen molar-refractivity contribution in [2.75, 3.05) is 19.8 Å². The van der Waals surface area contributed by atoms with Gasteiger partial charge in [0, 0.05) is 0 Å². The standard InChI is InChI=1S/C25H24O6/c1-2-15-28-21-12-8-9-19(18-21)24(26)31-23-14-7-6-13-22(23)25(27)30-17-16-29-20-10-4-3-5-11-20/h3-14,18H,2,15-17H2,1H3. The lowest BCUT2D eigenvalue weighted by atomic mass is 10.2. The molecule has 3 rings (SSSR count). The maximum atomic E-state index is 12.6. The number of para-hydroxylation sites is 2. The summed E-state index contributed by atoms with van der Waals surface area (Å²) in [5, 5.41) is 0. The average molecular weight is 420 g/mol. The maximum absolute atomic E-state index is 12.6. The minimum Gasteiger partial charge on any atom is -0.494 e. The van der Waals surface area contributed by atoms with Gasteiger partial charge in [0.2, 0.25) is 0 Å². The Balaban J connectivity index is 1.59. The molecule has 0 saturated carbocycles. The van der Waals surface area contributed by atoms with Crippen LogP contribution in [0.3, 0.4) is 0 Å². The SMILES string of the molecule is CCCOc1cccc(C(=O)Oc2ccccc2C(=O)OCCOc2ccccc2)c1. The summed E-state index contributed by atoms with van der Waals surface area (Å²) in [6, 6.07) is 22.4. The van der Waals surface area contributed by atoms with Crippen LogP contribution in [0.2, 0.25) is 0 Å². The molecule has 0 aliphatic heterocycles. The van der Waals surface area contributed by atoms with E-state index in [1.165, 1.54) is 0 Å². The van der Waals surface area contributed by atoms with Gasteiger partial charge in [-0.25, -0.2) is 9.59 Å². The molecule has 3 aromatic rings. The summed E-state index contributed by atoms with van der Waals surface area (Å²) < 4.78 is 21.8. The van der Waals surface area contributed by atoms with Gasteiger partial charge >= 0.3 is 11.9 Å². The summed E-state index contributed by atoms with van der Waals surface area (Å²) >= 11 is 0. The first kappa shape index (κ1) is 21.9. The van der Waals surface area contributed by atoms with Crippen molar-refractivity contribution in [3.63, 3.8) is 0 Å². The molecule has 160 valence electrons. The number of hydrogen-bond donors (Lipinski definition) is 0. The van der Waals surface area contributed by atoms with Crippen molar-refractivity contribution in [1.29, 1.82) is 0 Å². The highest BCUT2D eigenvalue weighted by Gasteiger charge is 2.17. The topological polar surface area (TPSA) is 71.1 Å². The Kier molecular flexibility index (Phi) is 8.05. The molecule has 0 heterocycles. The molecule has 3 aromatic carbocycles. The van der Waals surface area contributed by atoms with Crippen molar-refractivity contribution in [2.45, 2.75) is 13.3 Å². The summed E-state index contributed by atoms with van der Waals surface area (Å²) in [7, 11) is 0. The first-order chi connectivity index (χ1) is 15.2. The highest BCUT2D eigenvalue weighted by Crippen LogP contribution is 2.22. The number of rotatable bonds is 10. The van der Waals surface area contributed by atoms with Crippen LogP contribution in [-0.4, -0.2) is 31.8 Å². The molecule has 0 amide bonds. The fourth-order valence-electron chi connectivity index (χ4n) is 2.70. The number of hydrogen-bond acceptors (Lipinski definition) is 6. The number of benzene rings is 3. The third kappa shape index (κ3) is 6.60. The normalized spacial score (nSPS) is 10.2. The molecule has 31 heavy (non-hydrogen) atoms. The third-order valence-corrected chi connectivity index (χ3v) is 4.18. The van der Waals surface area contributed by atoms with E-state index >= 15 is 0 Å². The molecule has 0 N–H and O–H groups in total. The molecule has 0 aromatic heterocycles. The van der Waals surface area contributed by atoms with E-state index in [0.29, 0.717) is 23.7 Å². The minimum atomic E-state index is -0.597. The van der Waals surface area contributed by atoms with Crippen molar-refractivity contribution in [3.8, 4) is 17.2 Å². The van der Waals surface area contributed by atoms with E-state index in [4.69, 9.17) is 18.9 Å². The van der Waals surface area contributed by atoms with Crippen LogP contribution in [0.25, 0.3) is 0 Å². The zero-order valence-electron chi connectivity index (χ0n) is 17.3. The lowest BCUT2D eigenvalue weighted by Crippen LogP contribution is -2.15. The van der Waals surface area contributed by atoms with Crippen LogP contribution in [0.15, 0.2) is 78.9 Å². The van der Waals surface area contributed by atoms with Crippen LogP contribution < -0.4 is 14.2 Å². The maximum Gasteiger partial charge on any atom is 0.343 e. The van der Waals surface area contributed by atoms with E-state index in [2.05, 4.69) is 0 Å². The zero-order chi connectivity index (χ0) is 21.9. The van der Waals surface area contributed by atoms with Crippen LogP contribution >= 0.6 is 0 Å². The molecule has 0 saturated heterocycles. The smallest absolute Gasteiger partial charge is 0.343 e. The van der Waals surface area contributed by atoms with E-state index in [1.54, 1.807) is 48.5 Å². The van der Waals surface area contributed by atoms with E-state index in [0.717, 1.165) is 6.42 Å². The van der Waals surface area contributed by atoms with Gasteiger partial charge in [-0.05, 0) is 48.9 Å². The van der Waals surface area contributed by atoms with Gasteiger partial charge in [0.1, 0.15) is 36.0 Å². The van der Waals surface area contributed by atoms with E-state index in [-0.39, 0.29) is 24.5 Å². The fraction of sp³-hybridized carbons (Fsp3) is 0.200. The largest absolute Gasteiger partial charge is 0.494 e. The molecular weight excluding hydrogens is 396 g/mol. The Morgan fingerprint density at radius 2 is 1.42 bits per heavy atom. The molecule has 0 bridgehead atoms. The summed E-state index contributed by atoms with van der Waals surface area (Å²) in [5.41, 5.74) is 0.488. The lowest BCUT2D eigenvalue weighted by Gasteiger charge is -2.11. The first-order valence-corrected chi connectivity index (χ1v) is 10.1. The van der Waals surface area contributed by atoms with Crippen LogP contribution in [0.5, 0.6) is 17.2 Å². The van der Waals surface area contributed by atoms with Gasteiger partial charge in [-0.3, -0.25) is 0 Å². The fourth-order valence-corrected chi connectivity index (χ4v) is 2.70. The number of carbonyl (C=O) groups excluding carboxylic acids is 2. The molecule has 6 heteroatoms. The number of esters is 2. The second-order valence-corrected chi connectivity index (χ2v) is 6.56. The zero-order valence-corrected chi connectivity index (χ0v) is 17.3. The van der Waals surface area contributed by atoms with Gasteiger partial charge in [0.25, 0.3) is 0 Å². The predicted molar refractivity (Wildman–Crippen MR) is 116 cm³/mol. The van der Waals surface area contributed by atoms with Gasteiger partial charge in [-0.15, -0.1) is 0 Å².